The zero-order chi connectivity index (χ0) is 17.6. The van der Waals surface area contributed by atoms with E-state index in [2.05, 4.69) is 11.1 Å². The number of benzene rings is 1. The first kappa shape index (κ1) is 17.5. The fourth-order valence-electron chi connectivity index (χ4n) is 3.15. The maximum Gasteiger partial charge on any atom is 0.250 e. The van der Waals surface area contributed by atoms with Crippen LogP contribution in [0.5, 0.6) is 0 Å². The molecule has 3 rings (SSSR count). The number of anilines is 1. The SMILES string of the molecule is Cc1ccc(N2C(=NC(=O)C(C)C)SC3CS(=O)(=O)CC32)c(C)c1. The summed E-state index contributed by atoms with van der Waals surface area (Å²) < 4.78 is 24.1. The highest BCUT2D eigenvalue weighted by molar-refractivity contribution is 8.16. The van der Waals surface area contributed by atoms with Crippen molar-refractivity contribution >= 4 is 38.4 Å². The van der Waals surface area contributed by atoms with Crippen LogP contribution in [0.25, 0.3) is 0 Å². The Morgan fingerprint density at radius 2 is 2.00 bits per heavy atom. The Bertz CT molecular complexity index is 815. The van der Waals surface area contributed by atoms with E-state index in [1.54, 1.807) is 0 Å². The lowest BCUT2D eigenvalue weighted by atomic mass is 10.1. The van der Waals surface area contributed by atoms with Crippen LogP contribution >= 0.6 is 11.8 Å². The Morgan fingerprint density at radius 3 is 2.62 bits per heavy atom. The summed E-state index contributed by atoms with van der Waals surface area (Å²) in [4.78, 5) is 18.4. The van der Waals surface area contributed by atoms with Crippen molar-refractivity contribution in [3.63, 3.8) is 0 Å². The number of hydrogen-bond acceptors (Lipinski definition) is 4. The molecule has 0 aliphatic carbocycles. The summed E-state index contributed by atoms with van der Waals surface area (Å²) in [5.74, 6) is -0.0794. The van der Waals surface area contributed by atoms with Crippen LogP contribution in [0.4, 0.5) is 5.69 Å². The topological polar surface area (TPSA) is 66.8 Å². The van der Waals surface area contributed by atoms with E-state index >= 15 is 0 Å². The molecule has 7 heteroatoms. The van der Waals surface area contributed by atoms with Gasteiger partial charge in [-0.05, 0) is 25.5 Å². The van der Waals surface area contributed by atoms with Crippen molar-refractivity contribution in [2.75, 3.05) is 16.4 Å². The highest BCUT2D eigenvalue weighted by Gasteiger charge is 2.49. The molecule has 130 valence electrons. The van der Waals surface area contributed by atoms with E-state index in [0.29, 0.717) is 5.17 Å². The zero-order valence-electron chi connectivity index (χ0n) is 14.3. The van der Waals surface area contributed by atoms with Crippen LogP contribution in [-0.2, 0) is 14.6 Å². The summed E-state index contributed by atoms with van der Waals surface area (Å²) in [6.45, 7) is 7.67. The minimum absolute atomic E-state index is 0.0607. The van der Waals surface area contributed by atoms with Crippen molar-refractivity contribution in [3.8, 4) is 0 Å². The van der Waals surface area contributed by atoms with Crippen molar-refractivity contribution in [2.24, 2.45) is 10.9 Å². The number of rotatable bonds is 2. The van der Waals surface area contributed by atoms with Crippen LogP contribution in [-0.4, -0.2) is 42.3 Å². The number of hydrogen-bond donors (Lipinski definition) is 0. The predicted molar refractivity (Wildman–Crippen MR) is 99.5 cm³/mol. The van der Waals surface area contributed by atoms with Gasteiger partial charge in [-0.2, -0.15) is 4.99 Å². The number of thioether (sulfide) groups is 1. The van der Waals surface area contributed by atoms with Crippen molar-refractivity contribution in [1.82, 2.24) is 0 Å². The molecule has 0 aromatic heterocycles. The molecule has 0 spiro atoms. The molecule has 0 bridgehead atoms. The molecule has 2 saturated heterocycles. The average Bonchev–Trinajstić information content (AvgIpc) is 2.91. The molecule has 2 fully saturated rings. The number of fused-ring (bicyclic) bond motifs is 1. The Morgan fingerprint density at radius 1 is 1.29 bits per heavy atom. The second kappa shape index (κ2) is 6.19. The van der Waals surface area contributed by atoms with Gasteiger partial charge in [0.25, 0.3) is 5.91 Å². The molecule has 1 aromatic carbocycles. The Labute approximate surface area is 147 Å². The van der Waals surface area contributed by atoms with E-state index < -0.39 is 9.84 Å². The molecule has 5 nitrogen and oxygen atoms in total. The fourth-order valence-corrected chi connectivity index (χ4v) is 7.06. The summed E-state index contributed by atoms with van der Waals surface area (Å²) in [5, 5.41) is 0.569. The molecule has 1 amide bonds. The van der Waals surface area contributed by atoms with Gasteiger partial charge in [-0.3, -0.25) is 4.79 Å². The highest BCUT2D eigenvalue weighted by Crippen LogP contribution is 2.42. The van der Waals surface area contributed by atoms with E-state index in [4.69, 9.17) is 0 Å². The van der Waals surface area contributed by atoms with E-state index in [1.165, 1.54) is 11.8 Å². The number of amidine groups is 1. The first-order chi connectivity index (χ1) is 11.2. The summed E-state index contributed by atoms with van der Waals surface area (Å²) in [7, 11) is -3.04. The maximum atomic E-state index is 12.1. The number of sulfone groups is 1. The van der Waals surface area contributed by atoms with Gasteiger partial charge in [0.15, 0.2) is 15.0 Å². The monoisotopic (exact) mass is 366 g/mol. The molecule has 2 aliphatic rings. The van der Waals surface area contributed by atoms with Crippen LogP contribution in [0.1, 0.15) is 25.0 Å². The van der Waals surface area contributed by atoms with E-state index in [0.717, 1.165) is 16.8 Å². The molecular weight excluding hydrogens is 344 g/mol. The average molecular weight is 367 g/mol. The summed E-state index contributed by atoms with van der Waals surface area (Å²) >= 11 is 1.42. The van der Waals surface area contributed by atoms with E-state index in [-0.39, 0.29) is 34.6 Å². The zero-order valence-corrected chi connectivity index (χ0v) is 15.9. The first-order valence-electron chi connectivity index (χ1n) is 8.04. The molecule has 0 N–H and O–H groups in total. The second-order valence-corrected chi connectivity index (χ2v) is 10.2. The van der Waals surface area contributed by atoms with Gasteiger partial charge in [-0.25, -0.2) is 8.42 Å². The minimum Gasteiger partial charge on any atom is -0.315 e. The first-order valence-corrected chi connectivity index (χ1v) is 10.7. The van der Waals surface area contributed by atoms with Gasteiger partial charge in [0, 0.05) is 16.9 Å². The van der Waals surface area contributed by atoms with Crippen LogP contribution < -0.4 is 4.90 Å². The number of aliphatic imine (C=N–C) groups is 1. The Kier molecular flexibility index (Phi) is 4.51. The molecule has 1 aromatic rings. The summed E-state index contributed by atoms with van der Waals surface area (Å²) in [5.41, 5.74) is 3.15. The Balaban J connectivity index is 2.06. The van der Waals surface area contributed by atoms with Crippen LogP contribution in [0.3, 0.4) is 0 Å². The van der Waals surface area contributed by atoms with Gasteiger partial charge >= 0.3 is 0 Å². The normalized spacial score (nSPS) is 27.0. The van der Waals surface area contributed by atoms with Gasteiger partial charge in [-0.1, -0.05) is 43.3 Å². The number of carbonyl (C=O) groups excluding carboxylic acids is 1. The van der Waals surface area contributed by atoms with E-state index in [1.807, 2.05) is 44.7 Å². The number of amides is 1. The highest BCUT2D eigenvalue weighted by atomic mass is 32.2. The smallest absolute Gasteiger partial charge is 0.250 e. The summed E-state index contributed by atoms with van der Waals surface area (Å²) in [6, 6.07) is 5.92. The molecule has 2 aliphatic heterocycles. The van der Waals surface area contributed by atoms with Crippen molar-refractivity contribution in [2.45, 2.75) is 39.0 Å². The number of aryl methyl sites for hydroxylation is 2. The largest absolute Gasteiger partial charge is 0.315 e. The van der Waals surface area contributed by atoms with E-state index in [9.17, 15) is 13.2 Å². The fraction of sp³-hybridized carbons (Fsp3) is 0.529. The number of nitrogens with zero attached hydrogens (tertiary/aromatic N) is 2. The third-order valence-corrected chi connectivity index (χ3v) is 7.59. The van der Waals surface area contributed by atoms with Crippen molar-refractivity contribution in [1.29, 1.82) is 0 Å². The molecule has 0 radical (unpaired) electrons. The lowest BCUT2D eigenvalue weighted by Gasteiger charge is -2.26. The molecule has 2 atom stereocenters. The molecule has 2 heterocycles. The molecule has 2 unspecified atom stereocenters. The van der Waals surface area contributed by atoms with Crippen LogP contribution in [0, 0.1) is 19.8 Å². The molecule has 0 saturated carbocycles. The lowest BCUT2D eigenvalue weighted by Crippen LogP contribution is -2.38. The third kappa shape index (κ3) is 3.24. The van der Waals surface area contributed by atoms with Gasteiger partial charge < -0.3 is 4.90 Å². The quantitative estimate of drug-likeness (QED) is 0.805. The molecule has 24 heavy (non-hydrogen) atoms. The summed E-state index contributed by atoms with van der Waals surface area (Å²) in [6.07, 6.45) is 0. The third-order valence-electron chi connectivity index (χ3n) is 4.38. The Hall–Kier alpha value is -1.34. The van der Waals surface area contributed by atoms with Gasteiger partial charge in [0.1, 0.15) is 0 Å². The lowest BCUT2D eigenvalue weighted by molar-refractivity contribution is -0.120. The van der Waals surface area contributed by atoms with Gasteiger partial charge in [0.2, 0.25) is 0 Å². The van der Waals surface area contributed by atoms with Crippen molar-refractivity contribution < 1.29 is 13.2 Å². The minimum atomic E-state index is -3.04. The van der Waals surface area contributed by atoms with Crippen molar-refractivity contribution in [3.05, 3.63) is 29.3 Å². The maximum absolute atomic E-state index is 12.1. The van der Waals surface area contributed by atoms with Crippen LogP contribution in [0.15, 0.2) is 23.2 Å². The predicted octanol–water partition coefficient (Wildman–Crippen LogP) is 2.56. The van der Waals surface area contributed by atoms with Gasteiger partial charge in [0.05, 0.1) is 17.5 Å². The standard InChI is InChI=1S/C17H22N2O3S2/c1-10(2)16(20)18-17-19(13-6-5-11(3)7-12(13)4)14-8-24(21,22)9-15(14)23-17/h5-7,10,14-15H,8-9H2,1-4H3. The molecular formula is C17H22N2O3S2. The number of carbonyl (C=O) groups is 1. The second-order valence-electron chi connectivity index (χ2n) is 6.85. The van der Waals surface area contributed by atoms with Crippen LogP contribution in [0.2, 0.25) is 0 Å². The van der Waals surface area contributed by atoms with Gasteiger partial charge in [-0.15, -0.1) is 0 Å².